The summed E-state index contributed by atoms with van der Waals surface area (Å²) in [5, 5.41) is 0. The molecule has 2 heterocycles. The molecule has 0 amide bonds. The smallest absolute Gasteiger partial charge is 0.125 e. The standard InChI is InChI=1S/C11H12N2O/c1-8-4-9(7-13-6-8)10-2-3-14-11(10)5-12/h2-4,6-7H,5,12H2,1H3. The number of aromatic nitrogens is 1. The molecule has 14 heavy (non-hydrogen) atoms. The van der Waals surface area contributed by atoms with Gasteiger partial charge in [0.1, 0.15) is 5.76 Å². The van der Waals surface area contributed by atoms with Crippen LogP contribution in [0.15, 0.2) is 35.2 Å². The van der Waals surface area contributed by atoms with Gasteiger partial charge in [-0.3, -0.25) is 4.98 Å². The Bertz CT molecular complexity index is 434. The lowest BCUT2D eigenvalue weighted by atomic mass is 10.1. The Balaban J connectivity index is 2.49. The van der Waals surface area contributed by atoms with E-state index in [1.54, 1.807) is 6.26 Å². The summed E-state index contributed by atoms with van der Waals surface area (Å²) >= 11 is 0. The van der Waals surface area contributed by atoms with Crippen LogP contribution in [0.5, 0.6) is 0 Å². The van der Waals surface area contributed by atoms with E-state index in [1.807, 2.05) is 25.4 Å². The highest BCUT2D eigenvalue weighted by Crippen LogP contribution is 2.24. The maximum absolute atomic E-state index is 5.56. The maximum Gasteiger partial charge on any atom is 0.125 e. The first-order valence-corrected chi connectivity index (χ1v) is 4.49. The van der Waals surface area contributed by atoms with Gasteiger partial charge < -0.3 is 10.2 Å². The lowest BCUT2D eigenvalue weighted by molar-refractivity contribution is 0.513. The number of aryl methyl sites for hydroxylation is 1. The van der Waals surface area contributed by atoms with Crippen molar-refractivity contribution in [2.24, 2.45) is 5.73 Å². The molecule has 2 rings (SSSR count). The molecular formula is C11H12N2O. The number of nitrogens with two attached hydrogens (primary N) is 1. The summed E-state index contributed by atoms with van der Waals surface area (Å²) in [4.78, 5) is 4.13. The van der Waals surface area contributed by atoms with Crippen molar-refractivity contribution in [1.82, 2.24) is 4.98 Å². The Morgan fingerprint density at radius 2 is 2.29 bits per heavy atom. The van der Waals surface area contributed by atoms with Crippen LogP contribution in [0.25, 0.3) is 11.1 Å². The van der Waals surface area contributed by atoms with Gasteiger partial charge in [-0.05, 0) is 24.6 Å². The lowest BCUT2D eigenvalue weighted by Gasteiger charge is -2.00. The van der Waals surface area contributed by atoms with Crippen LogP contribution in [0.4, 0.5) is 0 Å². The molecule has 0 saturated carbocycles. The number of rotatable bonds is 2. The highest BCUT2D eigenvalue weighted by Gasteiger charge is 2.06. The quantitative estimate of drug-likeness (QED) is 0.785. The molecule has 0 aromatic carbocycles. The maximum atomic E-state index is 5.56. The molecule has 2 aromatic rings. The fraction of sp³-hybridized carbons (Fsp3) is 0.182. The van der Waals surface area contributed by atoms with Crippen LogP contribution in [0.3, 0.4) is 0 Å². The molecule has 0 aliphatic carbocycles. The largest absolute Gasteiger partial charge is 0.467 e. The molecule has 0 spiro atoms. The zero-order chi connectivity index (χ0) is 9.97. The van der Waals surface area contributed by atoms with Gasteiger partial charge in [0.05, 0.1) is 12.8 Å². The van der Waals surface area contributed by atoms with Gasteiger partial charge in [0, 0.05) is 23.5 Å². The number of hydrogen-bond acceptors (Lipinski definition) is 3. The van der Waals surface area contributed by atoms with Crippen molar-refractivity contribution in [3.63, 3.8) is 0 Å². The van der Waals surface area contributed by atoms with Crippen molar-refractivity contribution in [2.45, 2.75) is 13.5 Å². The highest BCUT2D eigenvalue weighted by atomic mass is 16.3. The molecule has 0 atom stereocenters. The van der Waals surface area contributed by atoms with Gasteiger partial charge in [-0.2, -0.15) is 0 Å². The van der Waals surface area contributed by atoms with Gasteiger partial charge in [0.25, 0.3) is 0 Å². The van der Waals surface area contributed by atoms with E-state index < -0.39 is 0 Å². The van der Waals surface area contributed by atoms with E-state index in [9.17, 15) is 0 Å². The normalized spacial score (nSPS) is 10.4. The monoisotopic (exact) mass is 188 g/mol. The summed E-state index contributed by atoms with van der Waals surface area (Å²) in [5.74, 6) is 0.803. The van der Waals surface area contributed by atoms with E-state index in [-0.39, 0.29) is 0 Å². The molecule has 0 bridgehead atoms. The number of hydrogen-bond donors (Lipinski definition) is 1. The van der Waals surface area contributed by atoms with Crippen molar-refractivity contribution in [3.05, 3.63) is 42.1 Å². The first-order valence-electron chi connectivity index (χ1n) is 4.49. The van der Waals surface area contributed by atoms with Crippen LogP contribution in [0.2, 0.25) is 0 Å². The minimum atomic E-state index is 0.413. The Hall–Kier alpha value is -1.61. The molecule has 3 nitrogen and oxygen atoms in total. The fourth-order valence-corrected chi connectivity index (χ4v) is 1.46. The highest BCUT2D eigenvalue weighted by molar-refractivity contribution is 5.64. The van der Waals surface area contributed by atoms with E-state index >= 15 is 0 Å². The average molecular weight is 188 g/mol. The first-order chi connectivity index (χ1) is 6.81. The Labute approximate surface area is 82.6 Å². The Morgan fingerprint density at radius 3 is 3.00 bits per heavy atom. The number of nitrogens with zero attached hydrogens (tertiary/aromatic N) is 1. The Morgan fingerprint density at radius 1 is 1.43 bits per heavy atom. The Kier molecular flexibility index (Phi) is 2.33. The van der Waals surface area contributed by atoms with Crippen LogP contribution >= 0.6 is 0 Å². The van der Waals surface area contributed by atoms with Crippen LogP contribution < -0.4 is 5.73 Å². The van der Waals surface area contributed by atoms with Crippen molar-refractivity contribution >= 4 is 0 Å². The predicted molar refractivity (Wildman–Crippen MR) is 54.6 cm³/mol. The lowest BCUT2D eigenvalue weighted by Crippen LogP contribution is -1.96. The third-order valence-corrected chi connectivity index (χ3v) is 2.12. The SMILES string of the molecule is Cc1cncc(-c2ccoc2CN)c1. The molecule has 72 valence electrons. The second-order valence-corrected chi connectivity index (χ2v) is 3.21. The van der Waals surface area contributed by atoms with E-state index in [2.05, 4.69) is 11.1 Å². The summed E-state index contributed by atoms with van der Waals surface area (Å²) in [7, 11) is 0. The second-order valence-electron chi connectivity index (χ2n) is 3.21. The predicted octanol–water partition coefficient (Wildman–Crippen LogP) is 2.11. The van der Waals surface area contributed by atoms with E-state index in [4.69, 9.17) is 10.2 Å². The van der Waals surface area contributed by atoms with Crippen LogP contribution in [-0.4, -0.2) is 4.98 Å². The first kappa shape index (κ1) is 8.97. The minimum absolute atomic E-state index is 0.413. The third-order valence-electron chi connectivity index (χ3n) is 2.12. The summed E-state index contributed by atoms with van der Waals surface area (Å²) in [6, 6.07) is 3.98. The molecule has 0 fully saturated rings. The molecule has 0 unspecified atom stereocenters. The molecule has 0 aliphatic heterocycles. The van der Waals surface area contributed by atoms with Crippen LogP contribution in [0.1, 0.15) is 11.3 Å². The van der Waals surface area contributed by atoms with E-state index in [0.717, 1.165) is 22.5 Å². The second kappa shape index (κ2) is 3.64. The summed E-state index contributed by atoms with van der Waals surface area (Å²) in [5.41, 5.74) is 8.77. The fourth-order valence-electron chi connectivity index (χ4n) is 1.46. The zero-order valence-corrected chi connectivity index (χ0v) is 8.03. The summed E-state index contributed by atoms with van der Waals surface area (Å²) < 4.78 is 5.26. The third kappa shape index (κ3) is 1.54. The van der Waals surface area contributed by atoms with E-state index in [0.29, 0.717) is 6.54 Å². The molecule has 0 aliphatic rings. The van der Waals surface area contributed by atoms with E-state index in [1.165, 1.54) is 0 Å². The van der Waals surface area contributed by atoms with Gasteiger partial charge in [-0.15, -0.1) is 0 Å². The van der Waals surface area contributed by atoms with Gasteiger partial charge in [0.2, 0.25) is 0 Å². The summed E-state index contributed by atoms with van der Waals surface area (Å²) in [6.45, 7) is 2.43. The molecular weight excluding hydrogens is 176 g/mol. The van der Waals surface area contributed by atoms with Crippen molar-refractivity contribution < 1.29 is 4.42 Å². The number of pyridine rings is 1. The molecule has 0 radical (unpaired) electrons. The van der Waals surface area contributed by atoms with Gasteiger partial charge in [0.15, 0.2) is 0 Å². The molecule has 3 heteroatoms. The van der Waals surface area contributed by atoms with Crippen molar-refractivity contribution in [2.75, 3.05) is 0 Å². The van der Waals surface area contributed by atoms with Crippen LogP contribution in [0, 0.1) is 6.92 Å². The topological polar surface area (TPSA) is 52.0 Å². The van der Waals surface area contributed by atoms with Gasteiger partial charge in [-0.25, -0.2) is 0 Å². The molecule has 2 aromatic heterocycles. The minimum Gasteiger partial charge on any atom is -0.467 e. The number of furan rings is 1. The molecule has 2 N–H and O–H groups in total. The summed E-state index contributed by atoms with van der Waals surface area (Å²) in [6.07, 6.45) is 5.29. The molecule has 0 saturated heterocycles. The van der Waals surface area contributed by atoms with Crippen LogP contribution in [-0.2, 0) is 6.54 Å². The van der Waals surface area contributed by atoms with Gasteiger partial charge >= 0.3 is 0 Å². The average Bonchev–Trinajstić information content (AvgIpc) is 2.65. The van der Waals surface area contributed by atoms with Crippen molar-refractivity contribution in [1.29, 1.82) is 0 Å². The zero-order valence-electron chi connectivity index (χ0n) is 8.03. The van der Waals surface area contributed by atoms with Gasteiger partial charge in [-0.1, -0.05) is 0 Å². The van der Waals surface area contributed by atoms with Crippen molar-refractivity contribution in [3.8, 4) is 11.1 Å².